The second-order valence-corrected chi connectivity index (χ2v) is 5.85. The number of hydrogen-bond donors (Lipinski definition) is 1. The van der Waals surface area contributed by atoms with Gasteiger partial charge in [-0.25, -0.2) is 13.2 Å². The molecular weight excluding hydrogens is 317 g/mol. The largest absolute Gasteiger partial charge is 0.381 e. The van der Waals surface area contributed by atoms with E-state index in [1.165, 1.54) is 4.90 Å². The third-order valence-corrected chi connectivity index (χ3v) is 4.09. The van der Waals surface area contributed by atoms with Crippen molar-refractivity contribution in [1.29, 1.82) is 0 Å². The average Bonchev–Trinajstić information content (AvgIpc) is 2.59. The predicted molar refractivity (Wildman–Crippen MR) is 85.3 cm³/mol. The van der Waals surface area contributed by atoms with Gasteiger partial charge >= 0.3 is 0 Å². The first-order valence-corrected chi connectivity index (χ1v) is 7.80. The van der Waals surface area contributed by atoms with Gasteiger partial charge in [-0.05, 0) is 31.0 Å². The van der Waals surface area contributed by atoms with Gasteiger partial charge in [-0.2, -0.15) is 0 Å². The Hall–Kier alpha value is -2.50. The van der Waals surface area contributed by atoms with Crippen LogP contribution in [0.25, 0.3) is 0 Å². The van der Waals surface area contributed by atoms with Crippen LogP contribution < -0.4 is 5.32 Å². The van der Waals surface area contributed by atoms with E-state index in [9.17, 15) is 18.0 Å². The second-order valence-electron chi connectivity index (χ2n) is 5.85. The Morgan fingerprint density at radius 1 is 1.04 bits per heavy atom. The number of rotatable bonds is 3. The minimum Gasteiger partial charge on any atom is -0.381 e. The van der Waals surface area contributed by atoms with E-state index in [-0.39, 0.29) is 6.04 Å². The maximum Gasteiger partial charge on any atom is 0.257 e. The van der Waals surface area contributed by atoms with Gasteiger partial charge in [0.2, 0.25) is 0 Å². The Bertz CT molecular complexity index is 737. The lowest BCUT2D eigenvalue weighted by Gasteiger charge is -2.33. The number of amides is 1. The van der Waals surface area contributed by atoms with Crippen molar-refractivity contribution < 1.29 is 18.0 Å². The van der Waals surface area contributed by atoms with Crippen LogP contribution in [0.2, 0.25) is 0 Å². The Labute approximate surface area is 138 Å². The summed E-state index contributed by atoms with van der Waals surface area (Å²) in [6, 6.07) is 10.6. The maximum atomic E-state index is 13.8. The van der Waals surface area contributed by atoms with Crippen molar-refractivity contribution in [3.05, 3.63) is 65.5 Å². The van der Waals surface area contributed by atoms with Gasteiger partial charge in [-0.15, -0.1) is 0 Å². The van der Waals surface area contributed by atoms with Gasteiger partial charge in [0.05, 0.1) is 5.56 Å². The summed E-state index contributed by atoms with van der Waals surface area (Å²) in [5.41, 5.74) is 0.505. The molecule has 2 aromatic carbocycles. The fraction of sp³-hybridized carbons (Fsp3) is 0.278. The molecule has 1 atom stereocenters. The van der Waals surface area contributed by atoms with Crippen LogP contribution in [-0.2, 0) is 0 Å². The monoisotopic (exact) mass is 334 g/mol. The summed E-state index contributed by atoms with van der Waals surface area (Å²) in [7, 11) is 0. The molecule has 1 amide bonds. The zero-order valence-corrected chi connectivity index (χ0v) is 12.9. The number of hydrogen-bond acceptors (Lipinski definition) is 2. The number of likely N-dealkylation sites (tertiary alicyclic amines) is 1. The minimum atomic E-state index is -1.30. The zero-order chi connectivity index (χ0) is 17.1. The number of halogens is 3. The number of carbonyl (C=O) groups is 1. The van der Waals surface area contributed by atoms with Crippen LogP contribution in [0.15, 0.2) is 42.5 Å². The summed E-state index contributed by atoms with van der Waals surface area (Å²) in [6.07, 6.45) is 1.63. The van der Waals surface area contributed by atoms with Gasteiger partial charge in [0, 0.05) is 30.9 Å². The smallest absolute Gasteiger partial charge is 0.257 e. The van der Waals surface area contributed by atoms with Gasteiger partial charge in [0.25, 0.3) is 5.91 Å². The molecule has 3 rings (SSSR count). The van der Waals surface area contributed by atoms with Crippen LogP contribution in [0.1, 0.15) is 23.2 Å². The van der Waals surface area contributed by atoms with E-state index in [1.54, 1.807) is 0 Å². The van der Waals surface area contributed by atoms with Crippen LogP contribution >= 0.6 is 0 Å². The molecule has 1 N–H and O–H groups in total. The van der Waals surface area contributed by atoms with Crippen molar-refractivity contribution >= 4 is 11.6 Å². The molecule has 1 unspecified atom stereocenters. The molecule has 1 aliphatic rings. The third kappa shape index (κ3) is 3.53. The van der Waals surface area contributed by atoms with E-state index in [4.69, 9.17) is 0 Å². The van der Waals surface area contributed by atoms with Gasteiger partial charge in [0.15, 0.2) is 11.6 Å². The SMILES string of the molecule is O=C(c1cc(F)c(F)cc1F)N1CCCC(Nc2ccccc2)C1. The van der Waals surface area contributed by atoms with Crippen molar-refractivity contribution in [1.82, 2.24) is 4.90 Å². The number of para-hydroxylation sites is 1. The first kappa shape index (κ1) is 16.4. The van der Waals surface area contributed by atoms with Crippen molar-refractivity contribution in [2.75, 3.05) is 18.4 Å². The molecule has 0 saturated carbocycles. The van der Waals surface area contributed by atoms with E-state index >= 15 is 0 Å². The van der Waals surface area contributed by atoms with Gasteiger partial charge in [-0.3, -0.25) is 4.79 Å². The number of benzene rings is 2. The van der Waals surface area contributed by atoms with E-state index in [1.807, 2.05) is 30.3 Å². The van der Waals surface area contributed by atoms with Crippen LogP contribution in [0, 0.1) is 17.5 Å². The quantitative estimate of drug-likeness (QED) is 0.866. The Morgan fingerprint density at radius 3 is 2.50 bits per heavy atom. The van der Waals surface area contributed by atoms with Crippen LogP contribution in [0.4, 0.5) is 18.9 Å². The van der Waals surface area contributed by atoms with E-state index in [2.05, 4.69) is 5.32 Å². The maximum absolute atomic E-state index is 13.8. The van der Waals surface area contributed by atoms with Crippen LogP contribution in [-0.4, -0.2) is 29.9 Å². The molecule has 24 heavy (non-hydrogen) atoms. The zero-order valence-electron chi connectivity index (χ0n) is 12.9. The first-order chi connectivity index (χ1) is 11.5. The molecule has 1 fully saturated rings. The molecule has 1 heterocycles. The molecule has 2 aromatic rings. The lowest BCUT2D eigenvalue weighted by atomic mass is 10.0. The highest BCUT2D eigenvalue weighted by atomic mass is 19.2. The Balaban J connectivity index is 1.72. The topological polar surface area (TPSA) is 32.3 Å². The molecule has 0 bridgehead atoms. The standard InChI is InChI=1S/C18H17F3N2O/c19-15-10-17(21)16(20)9-14(15)18(24)23-8-4-7-13(11-23)22-12-5-2-1-3-6-12/h1-3,5-6,9-10,13,22H,4,7-8,11H2. The van der Waals surface area contributed by atoms with E-state index in [0.717, 1.165) is 18.5 Å². The Morgan fingerprint density at radius 2 is 1.75 bits per heavy atom. The fourth-order valence-corrected chi connectivity index (χ4v) is 2.91. The lowest BCUT2D eigenvalue weighted by molar-refractivity contribution is 0.0709. The number of carbonyl (C=O) groups excluding carboxylic acids is 1. The van der Waals surface area contributed by atoms with Gasteiger partial charge < -0.3 is 10.2 Å². The first-order valence-electron chi connectivity index (χ1n) is 7.80. The third-order valence-electron chi connectivity index (χ3n) is 4.09. The number of nitrogens with one attached hydrogen (secondary N) is 1. The molecule has 0 radical (unpaired) electrons. The molecule has 6 heteroatoms. The molecule has 0 spiro atoms. The molecule has 1 aliphatic heterocycles. The molecular formula is C18H17F3N2O. The summed E-state index contributed by atoms with van der Waals surface area (Å²) in [4.78, 5) is 13.9. The van der Waals surface area contributed by atoms with Gasteiger partial charge in [-0.1, -0.05) is 18.2 Å². The number of anilines is 1. The molecule has 3 nitrogen and oxygen atoms in total. The lowest BCUT2D eigenvalue weighted by Crippen LogP contribution is -2.45. The van der Waals surface area contributed by atoms with E-state index in [0.29, 0.717) is 25.2 Å². The molecule has 0 aliphatic carbocycles. The molecule has 1 saturated heterocycles. The summed E-state index contributed by atoms with van der Waals surface area (Å²) >= 11 is 0. The normalized spacial score (nSPS) is 17.6. The molecule has 126 valence electrons. The highest BCUT2D eigenvalue weighted by Gasteiger charge is 2.27. The van der Waals surface area contributed by atoms with Crippen molar-refractivity contribution in [2.24, 2.45) is 0 Å². The molecule has 0 aromatic heterocycles. The van der Waals surface area contributed by atoms with Crippen molar-refractivity contribution in [3.63, 3.8) is 0 Å². The number of piperidine rings is 1. The average molecular weight is 334 g/mol. The number of nitrogens with zero attached hydrogens (tertiary/aromatic N) is 1. The van der Waals surface area contributed by atoms with Gasteiger partial charge in [0.1, 0.15) is 5.82 Å². The van der Waals surface area contributed by atoms with Crippen LogP contribution in [0.5, 0.6) is 0 Å². The van der Waals surface area contributed by atoms with Crippen LogP contribution in [0.3, 0.4) is 0 Å². The Kier molecular flexibility index (Phi) is 4.74. The van der Waals surface area contributed by atoms with E-state index < -0.39 is 28.9 Å². The van der Waals surface area contributed by atoms with Crippen molar-refractivity contribution in [3.8, 4) is 0 Å². The second kappa shape index (κ2) is 6.95. The predicted octanol–water partition coefficient (Wildman–Crippen LogP) is 3.82. The fourth-order valence-electron chi connectivity index (χ4n) is 2.91. The summed E-state index contributed by atoms with van der Waals surface area (Å²) < 4.78 is 40.2. The highest BCUT2D eigenvalue weighted by Crippen LogP contribution is 2.20. The van der Waals surface area contributed by atoms with Crippen molar-refractivity contribution in [2.45, 2.75) is 18.9 Å². The summed E-state index contributed by atoms with van der Waals surface area (Å²) in [5, 5.41) is 3.33. The highest BCUT2D eigenvalue weighted by molar-refractivity contribution is 5.94. The summed E-state index contributed by atoms with van der Waals surface area (Å²) in [6.45, 7) is 0.844. The minimum absolute atomic E-state index is 0.0263. The summed E-state index contributed by atoms with van der Waals surface area (Å²) in [5.74, 6) is -4.19.